The summed E-state index contributed by atoms with van der Waals surface area (Å²) >= 11 is 0. The Kier molecular flexibility index (Phi) is 3.73. The highest BCUT2D eigenvalue weighted by Gasteiger charge is 2.28. The van der Waals surface area contributed by atoms with E-state index in [0.717, 1.165) is 0 Å². The van der Waals surface area contributed by atoms with Crippen molar-refractivity contribution in [3.8, 4) is 0 Å². The average molecular weight is 268 g/mol. The molecule has 0 unspecified atom stereocenters. The van der Waals surface area contributed by atoms with Crippen molar-refractivity contribution in [2.75, 3.05) is 18.5 Å². The van der Waals surface area contributed by atoms with E-state index in [2.05, 4.69) is 5.32 Å². The maximum atomic E-state index is 13.6. The summed E-state index contributed by atoms with van der Waals surface area (Å²) in [5, 5.41) is 2.95. The number of benzene rings is 1. The molecule has 0 atom stereocenters. The van der Waals surface area contributed by atoms with Crippen LogP contribution in [-0.2, 0) is 9.47 Å². The lowest BCUT2D eigenvalue weighted by Crippen LogP contribution is -2.45. The van der Waals surface area contributed by atoms with Gasteiger partial charge in [-0.15, -0.1) is 0 Å². The maximum Gasteiger partial charge on any atom is 0.248 e. The van der Waals surface area contributed by atoms with Gasteiger partial charge in [0.05, 0.1) is 24.9 Å². The molecule has 1 aliphatic rings. The van der Waals surface area contributed by atoms with E-state index in [1.54, 1.807) is 0 Å². The van der Waals surface area contributed by atoms with Gasteiger partial charge in [-0.25, -0.2) is 4.39 Å². The molecule has 1 fully saturated rings. The number of nitrogens with two attached hydrogens (primary N) is 1. The highest BCUT2D eigenvalue weighted by atomic mass is 19.1. The first-order valence-electron chi connectivity index (χ1n) is 6.01. The molecule has 19 heavy (non-hydrogen) atoms. The molecule has 1 aliphatic heterocycles. The van der Waals surface area contributed by atoms with Crippen LogP contribution in [-0.4, -0.2) is 30.9 Å². The number of nitrogens with one attached hydrogen (secondary N) is 1. The molecule has 0 bridgehead atoms. The smallest absolute Gasteiger partial charge is 0.248 e. The summed E-state index contributed by atoms with van der Waals surface area (Å²) in [6, 6.07) is 3.76. The van der Waals surface area contributed by atoms with Crippen LogP contribution in [0.5, 0.6) is 0 Å². The Hall–Kier alpha value is -1.66. The van der Waals surface area contributed by atoms with Gasteiger partial charge >= 0.3 is 0 Å². The van der Waals surface area contributed by atoms with Gasteiger partial charge in [-0.3, -0.25) is 4.79 Å². The van der Waals surface area contributed by atoms with Gasteiger partial charge in [-0.2, -0.15) is 0 Å². The van der Waals surface area contributed by atoms with Crippen LogP contribution in [0.1, 0.15) is 24.2 Å². The first-order chi connectivity index (χ1) is 8.87. The van der Waals surface area contributed by atoms with Gasteiger partial charge in [0.15, 0.2) is 5.79 Å². The molecule has 1 amide bonds. The van der Waals surface area contributed by atoms with Crippen molar-refractivity contribution in [3.63, 3.8) is 0 Å². The zero-order valence-corrected chi connectivity index (χ0v) is 10.9. The predicted octanol–water partition coefficient (Wildman–Crippen LogP) is 1.49. The first-order valence-corrected chi connectivity index (χ1v) is 6.01. The fraction of sp³-hybridized carbons (Fsp3) is 0.462. The van der Waals surface area contributed by atoms with E-state index in [0.29, 0.717) is 13.2 Å². The van der Waals surface area contributed by atoms with Gasteiger partial charge < -0.3 is 20.5 Å². The Bertz CT molecular complexity index is 481. The van der Waals surface area contributed by atoms with E-state index >= 15 is 0 Å². The third-order valence-electron chi connectivity index (χ3n) is 2.87. The number of primary amides is 1. The molecule has 0 aromatic heterocycles. The van der Waals surface area contributed by atoms with Crippen LogP contribution in [0.15, 0.2) is 18.2 Å². The van der Waals surface area contributed by atoms with Crippen LogP contribution in [0, 0.1) is 5.82 Å². The molecule has 104 valence electrons. The number of anilines is 1. The molecular weight excluding hydrogens is 251 g/mol. The number of hydrogen-bond acceptors (Lipinski definition) is 4. The fourth-order valence-corrected chi connectivity index (χ4v) is 1.78. The summed E-state index contributed by atoms with van der Waals surface area (Å²) in [5.74, 6) is -1.67. The largest absolute Gasteiger partial charge is 0.375 e. The van der Waals surface area contributed by atoms with Gasteiger partial charge in [0.25, 0.3) is 0 Å². The van der Waals surface area contributed by atoms with Crippen LogP contribution in [0.25, 0.3) is 0 Å². The number of rotatable bonds is 3. The second-order valence-electron chi connectivity index (χ2n) is 4.92. The van der Waals surface area contributed by atoms with E-state index < -0.39 is 17.5 Å². The monoisotopic (exact) mass is 268 g/mol. The summed E-state index contributed by atoms with van der Waals surface area (Å²) in [6.45, 7) is 4.43. The standard InChI is InChI=1S/C13H17FN2O3/c1-13(2)18-6-9(7-19-13)16-11-5-8(12(15)17)3-4-10(11)14/h3-5,9,16H,6-7H2,1-2H3,(H2,15,17). The van der Waals surface area contributed by atoms with Gasteiger partial charge in [-0.05, 0) is 32.0 Å². The number of amides is 1. The molecule has 0 radical (unpaired) electrons. The topological polar surface area (TPSA) is 73.6 Å². The van der Waals surface area contributed by atoms with E-state index in [1.807, 2.05) is 13.8 Å². The zero-order chi connectivity index (χ0) is 14.0. The molecule has 1 saturated heterocycles. The minimum atomic E-state index is -0.619. The second kappa shape index (κ2) is 5.14. The lowest BCUT2D eigenvalue weighted by molar-refractivity contribution is -0.247. The Balaban J connectivity index is 2.07. The molecule has 6 heteroatoms. The minimum Gasteiger partial charge on any atom is -0.375 e. The lowest BCUT2D eigenvalue weighted by Gasteiger charge is -2.35. The number of hydrogen-bond donors (Lipinski definition) is 2. The van der Waals surface area contributed by atoms with Gasteiger partial charge in [0, 0.05) is 5.56 Å². The van der Waals surface area contributed by atoms with Crippen molar-refractivity contribution in [1.29, 1.82) is 0 Å². The number of carbonyl (C=O) groups is 1. The molecule has 1 aromatic rings. The minimum absolute atomic E-state index is 0.175. The van der Waals surface area contributed by atoms with Gasteiger partial charge in [0.1, 0.15) is 5.82 Å². The number of carbonyl (C=O) groups excluding carboxylic acids is 1. The fourth-order valence-electron chi connectivity index (χ4n) is 1.78. The number of halogens is 1. The van der Waals surface area contributed by atoms with Crippen molar-refractivity contribution in [3.05, 3.63) is 29.6 Å². The molecule has 2 rings (SSSR count). The van der Waals surface area contributed by atoms with Crippen molar-refractivity contribution in [1.82, 2.24) is 0 Å². The molecule has 1 heterocycles. The van der Waals surface area contributed by atoms with Gasteiger partial charge in [-0.1, -0.05) is 0 Å². The molecule has 5 nitrogen and oxygen atoms in total. The van der Waals surface area contributed by atoms with Crippen LogP contribution in [0.2, 0.25) is 0 Å². The van der Waals surface area contributed by atoms with E-state index in [1.165, 1.54) is 18.2 Å². The normalized spacial score (nSPS) is 19.1. The van der Waals surface area contributed by atoms with Crippen molar-refractivity contribution < 1.29 is 18.7 Å². The van der Waals surface area contributed by atoms with Crippen molar-refractivity contribution in [2.45, 2.75) is 25.7 Å². The quantitative estimate of drug-likeness (QED) is 0.871. The Morgan fingerprint density at radius 1 is 1.42 bits per heavy atom. The van der Waals surface area contributed by atoms with Crippen LogP contribution >= 0.6 is 0 Å². The summed E-state index contributed by atoms with van der Waals surface area (Å²) in [4.78, 5) is 11.1. The number of ether oxygens (including phenoxy) is 2. The third-order valence-corrected chi connectivity index (χ3v) is 2.87. The predicted molar refractivity (Wildman–Crippen MR) is 68.3 cm³/mol. The molecule has 0 spiro atoms. The lowest BCUT2D eigenvalue weighted by atomic mass is 10.1. The molecule has 0 saturated carbocycles. The van der Waals surface area contributed by atoms with Gasteiger partial charge in [0.2, 0.25) is 5.91 Å². The Morgan fingerprint density at radius 3 is 2.63 bits per heavy atom. The second-order valence-corrected chi connectivity index (χ2v) is 4.92. The summed E-state index contributed by atoms with van der Waals surface area (Å²) < 4.78 is 24.6. The zero-order valence-electron chi connectivity index (χ0n) is 10.9. The molecule has 1 aromatic carbocycles. The average Bonchev–Trinajstić information content (AvgIpc) is 2.34. The summed E-state index contributed by atoms with van der Waals surface area (Å²) in [7, 11) is 0. The Morgan fingerprint density at radius 2 is 2.05 bits per heavy atom. The van der Waals surface area contributed by atoms with E-state index in [-0.39, 0.29) is 17.3 Å². The Labute approximate surface area is 110 Å². The van der Waals surface area contributed by atoms with Crippen LogP contribution in [0.3, 0.4) is 0 Å². The van der Waals surface area contributed by atoms with E-state index in [9.17, 15) is 9.18 Å². The van der Waals surface area contributed by atoms with E-state index in [4.69, 9.17) is 15.2 Å². The molecule has 3 N–H and O–H groups in total. The third kappa shape index (κ3) is 3.42. The maximum absolute atomic E-state index is 13.6. The summed E-state index contributed by atoms with van der Waals surface area (Å²) in [6.07, 6.45) is 0. The molecular formula is C13H17FN2O3. The highest BCUT2D eigenvalue weighted by Crippen LogP contribution is 2.22. The summed E-state index contributed by atoms with van der Waals surface area (Å²) in [5.41, 5.74) is 5.63. The van der Waals surface area contributed by atoms with Crippen LogP contribution in [0.4, 0.5) is 10.1 Å². The van der Waals surface area contributed by atoms with Crippen LogP contribution < -0.4 is 11.1 Å². The molecule has 0 aliphatic carbocycles. The van der Waals surface area contributed by atoms with Crippen molar-refractivity contribution >= 4 is 11.6 Å². The highest BCUT2D eigenvalue weighted by molar-refractivity contribution is 5.93. The first kappa shape index (κ1) is 13.8. The SMILES string of the molecule is CC1(C)OCC(Nc2cc(C(N)=O)ccc2F)CO1. The van der Waals surface area contributed by atoms with Crippen molar-refractivity contribution in [2.24, 2.45) is 5.73 Å².